The Bertz CT molecular complexity index is 595. The van der Waals surface area contributed by atoms with E-state index in [2.05, 4.69) is 30.7 Å². The molecule has 1 aliphatic carbocycles. The van der Waals surface area contributed by atoms with E-state index in [9.17, 15) is 0 Å². The highest BCUT2D eigenvalue weighted by Crippen LogP contribution is 2.43. The van der Waals surface area contributed by atoms with E-state index in [1.165, 1.54) is 23.3 Å². The third-order valence-corrected chi connectivity index (χ3v) is 5.26. The van der Waals surface area contributed by atoms with Crippen molar-refractivity contribution in [3.63, 3.8) is 0 Å². The van der Waals surface area contributed by atoms with Gasteiger partial charge in [-0.2, -0.15) is 0 Å². The van der Waals surface area contributed by atoms with Crippen LogP contribution in [0.1, 0.15) is 37.6 Å². The molecule has 2 heterocycles. The van der Waals surface area contributed by atoms with Gasteiger partial charge in [-0.05, 0) is 36.2 Å². The second-order valence-electron chi connectivity index (χ2n) is 6.25. The molecule has 0 aliphatic heterocycles. The summed E-state index contributed by atoms with van der Waals surface area (Å²) in [5, 5.41) is 1.12. The van der Waals surface area contributed by atoms with Gasteiger partial charge in [0.1, 0.15) is 17.0 Å². The second kappa shape index (κ2) is 3.92. The Kier molecular flexibility index (Phi) is 2.59. The van der Waals surface area contributed by atoms with Crippen LogP contribution in [0, 0.1) is 11.3 Å². The zero-order chi connectivity index (χ0) is 12.9. The van der Waals surface area contributed by atoms with Crippen LogP contribution in [0.4, 0.5) is 5.82 Å². The van der Waals surface area contributed by atoms with Crippen molar-refractivity contribution in [3.8, 4) is 0 Å². The molecule has 0 radical (unpaired) electrons. The molecular formula is C14H19N3S. The van der Waals surface area contributed by atoms with E-state index >= 15 is 0 Å². The molecular weight excluding hydrogens is 242 g/mol. The summed E-state index contributed by atoms with van der Waals surface area (Å²) in [5.41, 5.74) is 7.79. The van der Waals surface area contributed by atoms with E-state index in [-0.39, 0.29) is 0 Å². The Balaban J connectivity index is 2.08. The molecule has 0 aromatic carbocycles. The smallest absolute Gasteiger partial charge is 0.135 e. The van der Waals surface area contributed by atoms with Gasteiger partial charge in [-0.3, -0.25) is 0 Å². The van der Waals surface area contributed by atoms with E-state index in [0.717, 1.165) is 22.6 Å². The average Bonchev–Trinajstić information content (AvgIpc) is 2.66. The number of hydrogen-bond acceptors (Lipinski definition) is 4. The molecule has 0 spiro atoms. The number of nitrogens with zero attached hydrogens (tertiary/aromatic N) is 2. The topological polar surface area (TPSA) is 51.8 Å². The lowest BCUT2D eigenvalue weighted by molar-refractivity contribution is 0.218. The van der Waals surface area contributed by atoms with E-state index in [1.54, 1.807) is 17.7 Å². The van der Waals surface area contributed by atoms with Gasteiger partial charge in [0.25, 0.3) is 0 Å². The Hall–Kier alpha value is -1.16. The summed E-state index contributed by atoms with van der Waals surface area (Å²) in [7, 11) is 0. The summed E-state index contributed by atoms with van der Waals surface area (Å²) in [6, 6.07) is 0. The lowest BCUT2D eigenvalue weighted by atomic mass is 9.72. The number of aryl methyl sites for hydroxylation is 1. The number of hydrogen-bond donors (Lipinski definition) is 1. The lowest BCUT2D eigenvalue weighted by Crippen LogP contribution is -2.26. The number of anilines is 1. The summed E-state index contributed by atoms with van der Waals surface area (Å²) in [6.45, 7) is 7.01. The first-order valence-corrected chi connectivity index (χ1v) is 7.29. The maximum absolute atomic E-state index is 6.00. The normalized spacial score (nSPS) is 20.1. The lowest BCUT2D eigenvalue weighted by Gasteiger charge is -2.33. The molecule has 0 amide bonds. The number of fused-ring (bicyclic) bond motifs is 3. The average molecular weight is 261 g/mol. The minimum Gasteiger partial charge on any atom is -0.383 e. The number of nitrogens with two attached hydrogens (primary N) is 1. The highest BCUT2D eigenvalue weighted by Gasteiger charge is 2.31. The second-order valence-corrected chi connectivity index (χ2v) is 7.33. The number of nitrogen functional groups attached to an aromatic ring is 1. The van der Waals surface area contributed by atoms with Gasteiger partial charge in [0.2, 0.25) is 0 Å². The van der Waals surface area contributed by atoms with Crippen molar-refractivity contribution in [1.29, 1.82) is 0 Å². The molecule has 3 rings (SSSR count). The molecule has 0 saturated carbocycles. The first-order valence-electron chi connectivity index (χ1n) is 6.47. The molecule has 0 fully saturated rings. The van der Waals surface area contributed by atoms with E-state index in [0.29, 0.717) is 11.2 Å². The van der Waals surface area contributed by atoms with Crippen LogP contribution >= 0.6 is 11.3 Å². The molecule has 1 unspecified atom stereocenters. The van der Waals surface area contributed by atoms with Crippen molar-refractivity contribution in [2.24, 2.45) is 11.3 Å². The maximum atomic E-state index is 6.00. The van der Waals surface area contributed by atoms with Gasteiger partial charge in [-0.15, -0.1) is 11.3 Å². The Morgan fingerprint density at radius 2 is 2.11 bits per heavy atom. The Morgan fingerprint density at radius 1 is 1.33 bits per heavy atom. The highest BCUT2D eigenvalue weighted by atomic mass is 32.1. The highest BCUT2D eigenvalue weighted by molar-refractivity contribution is 7.19. The summed E-state index contributed by atoms with van der Waals surface area (Å²) in [6.07, 6.45) is 5.10. The van der Waals surface area contributed by atoms with Crippen molar-refractivity contribution < 1.29 is 0 Å². The third-order valence-electron chi connectivity index (χ3n) is 4.10. The fourth-order valence-corrected chi connectivity index (χ4v) is 4.15. The molecule has 18 heavy (non-hydrogen) atoms. The van der Waals surface area contributed by atoms with Crippen molar-refractivity contribution >= 4 is 27.4 Å². The molecule has 0 saturated heterocycles. The summed E-state index contributed by atoms with van der Waals surface area (Å²) in [5.74, 6) is 1.40. The first-order chi connectivity index (χ1) is 8.47. The SMILES string of the molecule is CC(C)(C)C1CCc2c(sc3ncnc(N)c23)C1. The fourth-order valence-electron chi connectivity index (χ4n) is 2.87. The molecule has 3 nitrogen and oxygen atoms in total. The van der Waals surface area contributed by atoms with E-state index in [4.69, 9.17) is 5.73 Å². The standard InChI is InChI=1S/C14H19N3S/c1-14(2,3)8-4-5-9-10(6-8)18-13-11(9)12(15)16-7-17-13/h7-8H,4-6H2,1-3H3,(H2,15,16,17). The van der Waals surface area contributed by atoms with Crippen molar-refractivity contribution in [3.05, 3.63) is 16.8 Å². The minimum absolute atomic E-state index is 0.380. The van der Waals surface area contributed by atoms with Crippen molar-refractivity contribution in [2.75, 3.05) is 5.73 Å². The monoisotopic (exact) mass is 261 g/mol. The van der Waals surface area contributed by atoms with Crippen LogP contribution < -0.4 is 5.73 Å². The molecule has 2 aromatic heterocycles. The van der Waals surface area contributed by atoms with E-state index in [1.807, 2.05) is 0 Å². The fraction of sp³-hybridized carbons (Fsp3) is 0.571. The van der Waals surface area contributed by atoms with Crippen LogP contribution in [0.25, 0.3) is 10.2 Å². The predicted molar refractivity (Wildman–Crippen MR) is 76.8 cm³/mol. The van der Waals surface area contributed by atoms with Crippen molar-refractivity contribution in [2.45, 2.75) is 40.0 Å². The van der Waals surface area contributed by atoms with Gasteiger partial charge < -0.3 is 5.73 Å². The number of aromatic nitrogens is 2. The third kappa shape index (κ3) is 1.79. The predicted octanol–water partition coefficient (Wildman–Crippen LogP) is 3.42. The van der Waals surface area contributed by atoms with Crippen LogP contribution in [0.3, 0.4) is 0 Å². The number of thiophene rings is 1. The first kappa shape index (κ1) is 11.9. The minimum atomic E-state index is 0.380. The molecule has 2 aromatic rings. The van der Waals surface area contributed by atoms with Crippen LogP contribution in [0.2, 0.25) is 0 Å². The van der Waals surface area contributed by atoms with Crippen LogP contribution in [0.5, 0.6) is 0 Å². The van der Waals surface area contributed by atoms with Gasteiger partial charge in [-0.1, -0.05) is 20.8 Å². The maximum Gasteiger partial charge on any atom is 0.135 e. The Labute approximate surface area is 111 Å². The quantitative estimate of drug-likeness (QED) is 0.790. The Morgan fingerprint density at radius 3 is 2.83 bits per heavy atom. The van der Waals surface area contributed by atoms with Crippen LogP contribution in [0.15, 0.2) is 6.33 Å². The zero-order valence-electron chi connectivity index (χ0n) is 11.2. The van der Waals surface area contributed by atoms with Crippen LogP contribution in [-0.2, 0) is 12.8 Å². The van der Waals surface area contributed by atoms with Gasteiger partial charge in [0.15, 0.2) is 0 Å². The molecule has 1 atom stereocenters. The summed E-state index contributed by atoms with van der Waals surface area (Å²) < 4.78 is 0. The van der Waals surface area contributed by atoms with Gasteiger partial charge in [0, 0.05) is 4.88 Å². The molecule has 0 bridgehead atoms. The molecule has 96 valence electrons. The molecule has 2 N–H and O–H groups in total. The van der Waals surface area contributed by atoms with Crippen molar-refractivity contribution in [1.82, 2.24) is 9.97 Å². The molecule has 1 aliphatic rings. The van der Waals surface area contributed by atoms with E-state index < -0.39 is 0 Å². The van der Waals surface area contributed by atoms with Gasteiger partial charge in [-0.25, -0.2) is 9.97 Å². The number of rotatable bonds is 0. The van der Waals surface area contributed by atoms with Gasteiger partial charge in [0.05, 0.1) is 5.39 Å². The van der Waals surface area contributed by atoms with Crippen LogP contribution in [-0.4, -0.2) is 9.97 Å². The molecule has 4 heteroatoms. The van der Waals surface area contributed by atoms with Gasteiger partial charge >= 0.3 is 0 Å². The summed E-state index contributed by atoms with van der Waals surface area (Å²) in [4.78, 5) is 11.0. The zero-order valence-corrected chi connectivity index (χ0v) is 12.0. The summed E-state index contributed by atoms with van der Waals surface area (Å²) >= 11 is 1.80. The largest absolute Gasteiger partial charge is 0.383 e.